The number of carbonyl (C=O) groups excluding carboxylic acids is 1. The van der Waals surface area contributed by atoms with Crippen molar-refractivity contribution in [3.05, 3.63) is 11.1 Å². The van der Waals surface area contributed by atoms with Crippen LogP contribution in [0.5, 0.6) is 0 Å². The second-order valence-electron chi connectivity index (χ2n) is 9.03. The number of hydrogen-bond acceptors (Lipinski definition) is 2. The molecule has 1 fully saturated rings. The van der Waals surface area contributed by atoms with Crippen LogP contribution in [0, 0.1) is 22.7 Å². The summed E-state index contributed by atoms with van der Waals surface area (Å²) in [7, 11) is 1.48. The van der Waals surface area contributed by atoms with E-state index in [4.69, 9.17) is 4.74 Å². The fourth-order valence-corrected chi connectivity index (χ4v) is 5.55. The number of hydrogen-bond donors (Lipinski definition) is 0. The summed E-state index contributed by atoms with van der Waals surface area (Å²) >= 11 is 0. The first-order chi connectivity index (χ1) is 10.7. The fraction of sp³-hybridized carbons (Fsp3) is 0.857. The van der Waals surface area contributed by atoms with Gasteiger partial charge in [-0.3, -0.25) is 4.79 Å². The minimum Gasteiger partial charge on any atom is -0.469 e. The Morgan fingerprint density at radius 2 is 2.00 bits per heavy atom. The molecule has 0 radical (unpaired) electrons. The van der Waals surface area contributed by atoms with Gasteiger partial charge in [0, 0.05) is 6.42 Å². The lowest BCUT2D eigenvalue weighted by Crippen LogP contribution is -2.45. The van der Waals surface area contributed by atoms with Gasteiger partial charge in [-0.15, -0.1) is 0 Å². The summed E-state index contributed by atoms with van der Waals surface area (Å²) in [6.45, 7) is 12.0. The zero-order valence-corrected chi connectivity index (χ0v) is 16.1. The lowest BCUT2D eigenvalue weighted by Gasteiger charge is -2.55. The molecule has 0 spiro atoms. The highest BCUT2D eigenvalue weighted by molar-refractivity contribution is 5.69. The van der Waals surface area contributed by atoms with Crippen LogP contribution in [0.4, 0.5) is 0 Å². The van der Waals surface area contributed by atoms with E-state index < -0.39 is 0 Å². The van der Waals surface area contributed by atoms with Crippen LogP contribution in [-0.2, 0) is 9.53 Å². The van der Waals surface area contributed by atoms with Crippen molar-refractivity contribution in [3.63, 3.8) is 0 Å². The summed E-state index contributed by atoms with van der Waals surface area (Å²) in [4.78, 5) is 11.5. The van der Waals surface area contributed by atoms with Gasteiger partial charge in [0.2, 0.25) is 0 Å². The summed E-state index contributed by atoms with van der Waals surface area (Å²) in [5.41, 5.74) is 4.20. The van der Waals surface area contributed by atoms with Crippen LogP contribution >= 0.6 is 0 Å². The Balaban J connectivity index is 2.11. The van der Waals surface area contributed by atoms with Crippen molar-refractivity contribution in [1.29, 1.82) is 0 Å². The number of carbonyl (C=O) groups is 1. The number of esters is 1. The summed E-state index contributed by atoms with van der Waals surface area (Å²) in [5.74, 6) is 1.15. The number of rotatable bonds is 5. The Morgan fingerprint density at radius 1 is 1.30 bits per heavy atom. The third-order valence-corrected chi connectivity index (χ3v) is 6.87. The molecule has 0 heterocycles. The number of methoxy groups -OCH3 is 1. The topological polar surface area (TPSA) is 26.3 Å². The molecule has 0 saturated heterocycles. The third-order valence-electron chi connectivity index (χ3n) is 6.87. The zero-order valence-electron chi connectivity index (χ0n) is 16.1. The summed E-state index contributed by atoms with van der Waals surface area (Å²) in [6.07, 6.45) is 9.51. The van der Waals surface area contributed by atoms with Crippen LogP contribution in [0.25, 0.3) is 0 Å². The molecule has 23 heavy (non-hydrogen) atoms. The molecule has 0 aromatic carbocycles. The van der Waals surface area contributed by atoms with Crippen LogP contribution in [0.15, 0.2) is 11.1 Å². The normalized spacial score (nSPS) is 31.5. The van der Waals surface area contributed by atoms with Gasteiger partial charge in [-0.05, 0) is 68.1 Å². The van der Waals surface area contributed by atoms with Crippen molar-refractivity contribution in [2.75, 3.05) is 7.11 Å². The Kier molecular flexibility index (Phi) is 5.63. The van der Waals surface area contributed by atoms with E-state index in [-0.39, 0.29) is 5.97 Å². The average molecular weight is 321 g/mol. The molecule has 2 nitrogen and oxygen atoms in total. The van der Waals surface area contributed by atoms with Gasteiger partial charge in [0.1, 0.15) is 0 Å². The molecule has 3 atom stereocenters. The van der Waals surface area contributed by atoms with Gasteiger partial charge in [0.05, 0.1) is 7.11 Å². The van der Waals surface area contributed by atoms with Crippen LogP contribution < -0.4 is 0 Å². The maximum atomic E-state index is 11.5. The van der Waals surface area contributed by atoms with E-state index in [1.54, 1.807) is 11.1 Å². The summed E-state index contributed by atoms with van der Waals surface area (Å²) < 4.78 is 4.82. The first-order valence-electron chi connectivity index (χ1n) is 9.46. The first kappa shape index (κ1) is 18.5. The largest absolute Gasteiger partial charge is 0.469 e. The van der Waals surface area contributed by atoms with Gasteiger partial charge in [-0.25, -0.2) is 0 Å². The SMILES string of the molecule is COC(=O)C[C@@H](C)CCC1=C(C)CC[C@H]2C(C)(C)CCC[C@]12C. The molecule has 1 saturated carbocycles. The van der Waals surface area contributed by atoms with Crippen molar-refractivity contribution in [3.8, 4) is 0 Å². The molecule has 2 aliphatic rings. The molecule has 2 aliphatic carbocycles. The van der Waals surface area contributed by atoms with Crippen molar-refractivity contribution in [1.82, 2.24) is 0 Å². The van der Waals surface area contributed by atoms with E-state index in [9.17, 15) is 4.79 Å². The molecule has 0 aromatic rings. The Bertz CT molecular complexity index is 474. The molecule has 0 amide bonds. The number of allylic oxidation sites excluding steroid dienone is 2. The van der Waals surface area contributed by atoms with Crippen molar-refractivity contribution in [2.45, 2.75) is 86.0 Å². The summed E-state index contributed by atoms with van der Waals surface area (Å²) in [6, 6.07) is 0. The minimum atomic E-state index is -0.0743. The highest BCUT2D eigenvalue weighted by Gasteiger charge is 2.49. The van der Waals surface area contributed by atoms with Gasteiger partial charge in [-0.1, -0.05) is 45.3 Å². The Labute approximate surface area is 143 Å². The standard InChI is InChI=1S/C21H36O2/c1-15(14-19(22)23-6)8-10-17-16(2)9-11-18-20(3,4)12-7-13-21(17,18)5/h15,18H,7-14H2,1-6H3/t15-,18-,21+/m0/s1. The third kappa shape index (κ3) is 3.83. The monoisotopic (exact) mass is 320 g/mol. The highest BCUT2D eigenvalue weighted by atomic mass is 16.5. The van der Waals surface area contributed by atoms with E-state index in [0.717, 1.165) is 18.8 Å². The van der Waals surface area contributed by atoms with E-state index >= 15 is 0 Å². The second kappa shape index (κ2) is 6.99. The number of fused-ring (bicyclic) bond motifs is 1. The molecule has 0 aromatic heterocycles. The van der Waals surface area contributed by atoms with Gasteiger partial charge < -0.3 is 4.74 Å². The van der Waals surface area contributed by atoms with Crippen LogP contribution in [0.3, 0.4) is 0 Å². The predicted octanol–water partition coefficient (Wildman–Crippen LogP) is 5.91. The zero-order chi connectivity index (χ0) is 17.3. The Hall–Kier alpha value is -0.790. The lowest BCUT2D eigenvalue weighted by molar-refractivity contribution is -0.141. The summed E-state index contributed by atoms with van der Waals surface area (Å²) in [5, 5.41) is 0. The van der Waals surface area contributed by atoms with Crippen molar-refractivity contribution >= 4 is 5.97 Å². The van der Waals surface area contributed by atoms with Crippen molar-refractivity contribution in [2.24, 2.45) is 22.7 Å². The quantitative estimate of drug-likeness (QED) is 0.465. The molecule has 0 aliphatic heterocycles. The second-order valence-corrected chi connectivity index (χ2v) is 9.03. The molecule has 0 bridgehead atoms. The Morgan fingerprint density at radius 3 is 2.65 bits per heavy atom. The molecule has 0 N–H and O–H groups in total. The average Bonchev–Trinajstić information content (AvgIpc) is 2.45. The molecule has 132 valence electrons. The molecule has 2 rings (SSSR count). The van der Waals surface area contributed by atoms with E-state index in [2.05, 4.69) is 34.6 Å². The maximum absolute atomic E-state index is 11.5. The first-order valence-corrected chi connectivity index (χ1v) is 9.46. The maximum Gasteiger partial charge on any atom is 0.305 e. The van der Waals surface area contributed by atoms with Gasteiger partial charge in [0.25, 0.3) is 0 Å². The van der Waals surface area contributed by atoms with Gasteiger partial charge >= 0.3 is 5.97 Å². The molecular formula is C21H36O2. The predicted molar refractivity (Wildman–Crippen MR) is 96.2 cm³/mol. The van der Waals surface area contributed by atoms with Crippen LogP contribution in [-0.4, -0.2) is 13.1 Å². The molecular weight excluding hydrogens is 284 g/mol. The van der Waals surface area contributed by atoms with Crippen LogP contribution in [0.1, 0.15) is 86.0 Å². The minimum absolute atomic E-state index is 0.0743. The van der Waals surface area contributed by atoms with Crippen LogP contribution in [0.2, 0.25) is 0 Å². The fourth-order valence-electron chi connectivity index (χ4n) is 5.55. The van der Waals surface area contributed by atoms with Gasteiger partial charge in [-0.2, -0.15) is 0 Å². The van der Waals surface area contributed by atoms with E-state index in [1.807, 2.05) is 0 Å². The highest BCUT2D eigenvalue weighted by Crippen LogP contribution is 2.60. The molecule has 0 unspecified atom stereocenters. The van der Waals surface area contributed by atoms with E-state index in [1.165, 1.54) is 39.2 Å². The molecule has 2 heteroatoms. The van der Waals surface area contributed by atoms with E-state index in [0.29, 0.717) is 23.2 Å². The lowest BCUT2D eigenvalue weighted by atomic mass is 9.50. The van der Waals surface area contributed by atoms with Gasteiger partial charge in [0.15, 0.2) is 0 Å². The number of ether oxygens (including phenoxy) is 1. The van der Waals surface area contributed by atoms with Crippen molar-refractivity contribution < 1.29 is 9.53 Å². The smallest absolute Gasteiger partial charge is 0.305 e.